The Kier molecular flexibility index (Phi) is 10.4. The number of quaternary nitrogens is 1. The number of ether oxygens (including phenoxy) is 2. The highest BCUT2D eigenvalue weighted by Crippen LogP contribution is 2.40. The van der Waals surface area contributed by atoms with Crippen LogP contribution < -0.4 is 5.11 Å². The molecule has 9 nitrogen and oxygen atoms in total. The number of nitro groups is 1. The zero-order valence-corrected chi connectivity index (χ0v) is 23.9. The van der Waals surface area contributed by atoms with Crippen LogP contribution in [0.5, 0.6) is 0 Å². The van der Waals surface area contributed by atoms with Gasteiger partial charge in [0.15, 0.2) is 0 Å². The molecule has 2 aromatic rings. The smallest absolute Gasteiger partial charge is 0.337 e. The van der Waals surface area contributed by atoms with Gasteiger partial charge in [0.2, 0.25) is 0 Å². The summed E-state index contributed by atoms with van der Waals surface area (Å²) in [5, 5.41) is 24.1. The summed E-state index contributed by atoms with van der Waals surface area (Å²) < 4.78 is 11.2. The molecule has 1 aliphatic rings. The molecule has 0 radical (unpaired) electrons. The number of likely N-dealkylation sites (N-methyl/N-ethyl adjacent to an activating group) is 1. The van der Waals surface area contributed by atoms with Crippen LogP contribution in [0.2, 0.25) is 0 Å². The van der Waals surface area contributed by atoms with Gasteiger partial charge in [0.1, 0.15) is 19.7 Å². The second-order valence-electron chi connectivity index (χ2n) is 9.33. The number of non-ortho nitro benzene ring substituents is 1. The molecule has 198 valence electrons. The molecule has 1 aliphatic heterocycles. The first-order chi connectivity index (χ1) is 17.0. The monoisotopic (exact) mass is 621 g/mol. The second kappa shape index (κ2) is 12.8. The quantitative estimate of drug-likeness (QED) is 0.104. The van der Waals surface area contributed by atoms with Gasteiger partial charge in [0.05, 0.1) is 30.5 Å². The normalized spacial score (nSPS) is 16.9. The maximum absolute atomic E-state index is 13.4. The molecule has 37 heavy (non-hydrogen) atoms. The minimum Gasteiger partial charge on any atom is -0.616 e. The molecule has 1 heterocycles. The Morgan fingerprint density at radius 1 is 1.11 bits per heavy atom. The zero-order chi connectivity index (χ0) is 26.5. The van der Waals surface area contributed by atoms with Crippen molar-refractivity contribution in [1.82, 2.24) is 0 Å². The number of carbonyl (C=O) groups excluding carboxylic acids is 1. The van der Waals surface area contributed by atoms with Crippen LogP contribution in [0.15, 0.2) is 82.4 Å². The molecule has 0 bridgehead atoms. The van der Waals surface area contributed by atoms with E-state index in [1.165, 1.54) is 30.9 Å². The summed E-state index contributed by atoms with van der Waals surface area (Å²) in [5.74, 6) is -2.19. The standard InChI is InChI=1S/C27H31N3O6.HI/c1-18-23(26(31)35-5)25(21-12-9-13-22(16-21)29(33)34)24(19(2)28-18)27(32)36-15-14-30(3,4)17-20-10-7-6-8-11-20;/h6-13,16,25H,14-15,17H2,1-5H3;1H. The molecule has 0 aromatic heterocycles. The van der Waals surface area contributed by atoms with Crippen LogP contribution >= 0.6 is 24.0 Å². The van der Waals surface area contributed by atoms with Crippen molar-refractivity contribution in [2.75, 3.05) is 34.4 Å². The molecule has 0 saturated carbocycles. The summed E-state index contributed by atoms with van der Waals surface area (Å²) in [5.41, 5.74) is 2.51. The van der Waals surface area contributed by atoms with Crippen LogP contribution in [-0.4, -0.2) is 55.4 Å². The van der Waals surface area contributed by atoms with E-state index in [-0.39, 0.29) is 47.4 Å². The lowest BCUT2D eigenvalue weighted by Gasteiger charge is -2.32. The highest BCUT2D eigenvalue weighted by molar-refractivity contribution is 14.0. The van der Waals surface area contributed by atoms with E-state index in [0.29, 0.717) is 28.0 Å². The summed E-state index contributed by atoms with van der Waals surface area (Å²) in [4.78, 5) is 28.6. The summed E-state index contributed by atoms with van der Waals surface area (Å²) in [6.45, 7) is 4.78. The van der Waals surface area contributed by atoms with Crippen LogP contribution in [0.1, 0.15) is 30.9 Å². The number of benzene rings is 2. The number of aliphatic imine (C=N–C) groups is 1. The molecule has 0 saturated heterocycles. The van der Waals surface area contributed by atoms with Gasteiger partial charge >= 0.3 is 5.97 Å². The third-order valence-corrected chi connectivity index (χ3v) is 6.12. The van der Waals surface area contributed by atoms with Gasteiger partial charge in [-0.2, -0.15) is 0 Å². The van der Waals surface area contributed by atoms with Gasteiger partial charge in [-0.15, -0.1) is 24.0 Å². The van der Waals surface area contributed by atoms with E-state index in [2.05, 4.69) is 31.2 Å². The zero-order valence-electron chi connectivity index (χ0n) is 21.6. The average Bonchev–Trinajstić information content (AvgIpc) is 2.83. The molecule has 1 unspecified atom stereocenters. The predicted octanol–water partition coefficient (Wildman–Crippen LogP) is 4.08. The van der Waals surface area contributed by atoms with E-state index in [1.54, 1.807) is 19.9 Å². The van der Waals surface area contributed by atoms with Crippen molar-refractivity contribution in [2.24, 2.45) is 4.99 Å². The highest BCUT2D eigenvalue weighted by atomic mass is 127. The van der Waals surface area contributed by atoms with Crippen molar-refractivity contribution in [1.29, 1.82) is 0 Å². The highest BCUT2D eigenvalue weighted by Gasteiger charge is 2.35. The summed E-state index contributed by atoms with van der Waals surface area (Å²) in [6.07, 6.45) is 0. The summed E-state index contributed by atoms with van der Waals surface area (Å²) >= 11 is 0. The summed E-state index contributed by atoms with van der Waals surface area (Å²) in [6, 6.07) is 15.9. The maximum Gasteiger partial charge on any atom is 0.337 e. The van der Waals surface area contributed by atoms with E-state index in [9.17, 15) is 20.0 Å². The molecular formula is C27H32IN3O6. The fourth-order valence-electron chi connectivity index (χ4n) is 4.35. The number of methoxy groups -OCH3 is 1. The Bertz CT molecular complexity index is 1240. The number of halogens is 1. The molecule has 2 aromatic carbocycles. The van der Waals surface area contributed by atoms with Gasteiger partial charge in [0, 0.05) is 40.6 Å². The number of carbonyl (C=O) groups is 1. The van der Waals surface area contributed by atoms with Gasteiger partial charge in [0.25, 0.3) is 5.69 Å². The number of esters is 1. The van der Waals surface area contributed by atoms with Crippen molar-refractivity contribution >= 4 is 41.3 Å². The van der Waals surface area contributed by atoms with Gasteiger partial charge in [-0.25, -0.2) is 4.79 Å². The predicted molar refractivity (Wildman–Crippen MR) is 149 cm³/mol. The minimum atomic E-state index is -0.908. The minimum absolute atomic E-state index is 0. The number of allylic oxidation sites excluding steroid dienone is 2. The number of nitro benzene ring substituents is 1. The maximum atomic E-state index is 13.4. The van der Waals surface area contributed by atoms with Crippen molar-refractivity contribution in [2.45, 2.75) is 26.3 Å². The molecule has 0 spiro atoms. The van der Waals surface area contributed by atoms with Crippen molar-refractivity contribution in [3.05, 3.63) is 98.6 Å². The Hall–Kier alpha value is -3.25. The van der Waals surface area contributed by atoms with Gasteiger partial charge in [-0.05, 0) is 26.5 Å². The lowest BCUT2D eigenvalue weighted by atomic mass is 9.80. The van der Waals surface area contributed by atoms with Gasteiger partial charge in [-0.3, -0.25) is 15.1 Å². The molecule has 1 atom stereocenters. The topological polar surface area (TPSA) is 114 Å². The van der Waals surface area contributed by atoms with Crippen LogP contribution in [-0.2, 0) is 20.8 Å². The first-order valence-corrected chi connectivity index (χ1v) is 11.5. The average molecular weight is 621 g/mol. The van der Waals surface area contributed by atoms with Crippen LogP contribution in [0.25, 0.3) is 0 Å². The fourth-order valence-corrected chi connectivity index (χ4v) is 4.35. The first kappa shape index (κ1) is 30.0. The van der Waals surface area contributed by atoms with Crippen molar-refractivity contribution in [3.63, 3.8) is 0 Å². The number of nitrogens with zero attached hydrogens (tertiary/aromatic N) is 3. The Morgan fingerprint density at radius 3 is 2.41 bits per heavy atom. The Labute approximate surface area is 233 Å². The molecule has 0 aliphatic carbocycles. The SMILES string of the molecule is CO/C([O-])=C1\C(C)=NC(C)=C(C(=O)OCC[N+](C)(C)Cc2ccccc2)C1c1cccc([N+](=O)[O-])c1.I. The van der Waals surface area contributed by atoms with Crippen molar-refractivity contribution in [3.8, 4) is 0 Å². The number of hydrogen-bond donors (Lipinski definition) is 0. The first-order valence-electron chi connectivity index (χ1n) is 11.5. The van der Waals surface area contributed by atoms with Crippen LogP contribution in [0.3, 0.4) is 0 Å². The van der Waals surface area contributed by atoms with E-state index >= 15 is 0 Å². The largest absolute Gasteiger partial charge is 0.616 e. The fraction of sp³-hybridized carbons (Fsp3) is 0.333. The van der Waals surface area contributed by atoms with Gasteiger partial charge in [-0.1, -0.05) is 42.5 Å². The Balaban J connectivity index is 0.00000481. The summed E-state index contributed by atoms with van der Waals surface area (Å²) in [7, 11) is 5.34. The third kappa shape index (κ3) is 7.39. The molecule has 10 heteroatoms. The lowest BCUT2D eigenvalue weighted by Crippen LogP contribution is -2.42. The van der Waals surface area contributed by atoms with E-state index in [4.69, 9.17) is 9.47 Å². The molecule has 0 N–H and O–H groups in total. The van der Waals surface area contributed by atoms with Gasteiger partial charge < -0.3 is 19.1 Å². The van der Waals surface area contributed by atoms with Crippen molar-refractivity contribution < 1.29 is 28.8 Å². The molecule has 0 amide bonds. The molecule has 0 fully saturated rings. The van der Waals surface area contributed by atoms with E-state index in [0.717, 1.165) is 6.54 Å². The lowest BCUT2D eigenvalue weighted by molar-refractivity contribution is -0.903. The third-order valence-electron chi connectivity index (χ3n) is 6.12. The molecule has 3 rings (SSSR count). The van der Waals surface area contributed by atoms with Crippen LogP contribution in [0.4, 0.5) is 5.69 Å². The number of hydrogen-bond acceptors (Lipinski definition) is 7. The Morgan fingerprint density at radius 2 is 1.78 bits per heavy atom. The van der Waals surface area contributed by atoms with Crippen LogP contribution in [0, 0.1) is 10.1 Å². The van der Waals surface area contributed by atoms with E-state index in [1.807, 2.05) is 18.2 Å². The van der Waals surface area contributed by atoms with E-state index < -0.39 is 22.8 Å². The molecular weight excluding hydrogens is 589 g/mol. The second-order valence-corrected chi connectivity index (χ2v) is 9.33. The number of rotatable bonds is 9.